The van der Waals surface area contributed by atoms with Gasteiger partial charge in [-0.1, -0.05) is 0 Å². The SMILES string of the molecule is Nc1ncnn2c(-c3ccc(F)c(C(=O)O)c3)cc(-c3ccnn3C3CCOCC3)c12. The highest BCUT2D eigenvalue weighted by Crippen LogP contribution is 2.37. The number of aromatic carboxylic acids is 1. The monoisotopic (exact) mass is 422 g/mol. The Kier molecular flexibility index (Phi) is 4.63. The van der Waals surface area contributed by atoms with Crippen molar-refractivity contribution in [2.24, 2.45) is 0 Å². The highest BCUT2D eigenvalue weighted by molar-refractivity contribution is 5.93. The summed E-state index contributed by atoms with van der Waals surface area (Å²) in [6, 6.07) is 7.88. The van der Waals surface area contributed by atoms with Gasteiger partial charge in [0.1, 0.15) is 17.7 Å². The van der Waals surface area contributed by atoms with Crippen molar-refractivity contribution in [3.63, 3.8) is 0 Å². The molecule has 9 nitrogen and oxygen atoms in total. The molecule has 31 heavy (non-hydrogen) atoms. The Morgan fingerprint density at radius 2 is 1.97 bits per heavy atom. The first-order chi connectivity index (χ1) is 15.0. The molecule has 4 aromatic rings. The third-order valence-electron chi connectivity index (χ3n) is 5.56. The number of carbonyl (C=O) groups is 1. The molecule has 0 bridgehead atoms. The molecule has 158 valence electrons. The number of benzene rings is 1. The molecule has 0 amide bonds. The van der Waals surface area contributed by atoms with E-state index in [0.29, 0.717) is 30.0 Å². The first-order valence-electron chi connectivity index (χ1n) is 9.81. The van der Waals surface area contributed by atoms with E-state index in [1.165, 1.54) is 18.5 Å². The predicted molar refractivity (Wildman–Crippen MR) is 110 cm³/mol. The fourth-order valence-corrected chi connectivity index (χ4v) is 4.07. The van der Waals surface area contributed by atoms with Crippen LogP contribution in [-0.2, 0) is 4.74 Å². The number of halogens is 1. The van der Waals surface area contributed by atoms with Gasteiger partial charge in [0.15, 0.2) is 5.82 Å². The maximum absolute atomic E-state index is 13.9. The van der Waals surface area contributed by atoms with Gasteiger partial charge >= 0.3 is 5.97 Å². The van der Waals surface area contributed by atoms with Gasteiger partial charge in [0.05, 0.1) is 23.0 Å². The number of rotatable bonds is 4. The van der Waals surface area contributed by atoms with Crippen LogP contribution in [0.3, 0.4) is 0 Å². The van der Waals surface area contributed by atoms with E-state index in [1.54, 1.807) is 10.7 Å². The second-order valence-electron chi connectivity index (χ2n) is 7.35. The van der Waals surface area contributed by atoms with Crippen LogP contribution in [0.1, 0.15) is 29.2 Å². The van der Waals surface area contributed by atoms with E-state index in [-0.39, 0.29) is 11.9 Å². The van der Waals surface area contributed by atoms with Crippen LogP contribution >= 0.6 is 0 Å². The zero-order valence-electron chi connectivity index (χ0n) is 16.4. The van der Waals surface area contributed by atoms with E-state index >= 15 is 0 Å². The van der Waals surface area contributed by atoms with Crippen molar-refractivity contribution in [2.45, 2.75) is 18.9 Å². The molecule has 1 fully saturated rings. The number of carboxylic acid groups (broad SMARTS) is 1. The molecule has 3 N–H and O–H groups in total. The van der Waals surface area contributed by atoms with Crippen LogP contribution in [0.4, 0.5) is 10.2 Å². The average molecular weight is 422 g/mol. The van der Waals surface area contributed by atoms with Gasteiger partial charge in [0.2, 0.25) is 0 Å². The number of aromatic nitrogens is 5. The molecule has 1 saturated heterocycles. The fourth-order valence-electron chi connectivity index (χ4n) is 4.07. The number of hydrogen-bond acceptors (Lipinski definition) is 6. The van der Waals surface area contributed by atoms with Crippen molar-refractivity contribution in [1.29, 1.82) is 0 Å². The van der Waals surface area contributed by atoms with Gasteiger partial charge in [-0.2, -0.15) is 10.2 Å². The van der Waals surface area contributed by atoms with Gasteiger partial charge in [-0.05, 0) is 43.2 Å². The van der Waals surface area contributed by atoms with Crippen molar-refractivity contribution < 1.29 is 19.0 Å². The lowest BCUT2D eigenvalue weighted by Crippen LogP contribution is -2.21. The van der Waals surface area contributed by atoms with Crippen LogP contribution in [0.15, 0.2) is 42.9 Å². The molecule has 1 aliphatic heterocycles. The smallest absolute Gasteiger partial charge is 0.338 e. The second kappa shape index (κ2) is 7.47. The van der Waals surface area contributed by atoms with Gasteiger partial charge in [0, 0.05) is 30.5 Å². The summed E-state index contributed by atoms with van der Waals surface area (Å²) in [4.78, 5) is 15.5. The van der Waals surface area contributed by atoms with Crippen LogP contribution < -0.4 is 5.73 Å². The number of fused-ring (bicyclic) bond motifs is 1. The van der Waals surface area contributed by atoms with Gasteiger partial charge in [0.25, 0.3) is 0 Å². The summed E-state index contributed by atoms with van der Waals surface area (Å²) < 4.78 is 23.0. The Balaban J connectivity index is 1.72. The number of ether oxygens (including phenoxy) is 1. The van der Waals surface area contributed by atoms with Crippen molar-refractivity contribution in [3.05, 3.63) is 54.2 Å². The third kappa shape index (κ3) is 3.21. The summed E-state index contributed by atoms with van der Waals surface area (Å²) in [6.45, 7) is 1.34. The molecule has 10 heteroatoms. The van der Waals surface area contributed by atoms with Crippen molar-refractivity contribution in [1.82, 2.24) is 24.4 Å². The standard InChI is InChI=1S/C21H19FN6O3/c22-16-2-1-12(9-14(16)21(29)30)18-10-15(19-20(23)24-11-26-28(18)19)17-3-6-25-27(17)13-4-7-31-8-5-13/h1-3,6,9-11,13H,4-5,7-8H2,(H,29,30)(H2,23,24,26). The highest BCUT2D eigenvalue weighted by atomic mass is 19.1. The lowest BCUT2D eigenvalue weighted by Gasteiger charge is -2.24. The van der Waals surface area contributed by atoms with E-state index in [0.717, 1.165) is 30.2 Å². The molecular weight excluding hydrogens is 403 g/mol. The second-order valence-corrected chi connectivity index (χ2v) is 7.35. The number of anilines is 1. The minimum absolute atomic E-state index is 0.187. The van der Waals surface area contributed by atoms with Crippen LogP contribution in [0.25, 0.3) is 28.0 Å². The summed E-state index contributed by atoms with van der Waals surface area (Å²) in [5, 5.41) is 18.2. The highest BCUT2D eigenvalue weighted by Gasteiger charge is 2.24. The van der Waals surface area contributed by atoms with E-state index in [2.05, 4.69) is 15.2 Å². The molecule has 0 saturated carbocycles. The Labute approximate surface area is 175 Å². The normalized spacial score (nSPS) is 14.9. The van der Waals surface area contributed by atoms with E-state index in [9.17, 15) is 14.3 Å². The molecular formula is C21H19FN6O3. The lowest BCUT2D eigenvalue weighted by atomic mass is 10.1. The lowest BCUT2D eigenvalue weighted by molar-refractivity contribution is 0.0667. The number of nitrogen functional groups attached to an aromatic ring is 1. The summed E-state index contributed by atoms with van der Waals surface area (Å²) in [5.41, 5.74) is 9.05. The maximum atomic E-state index is 13.9. The van der Waals surface area contributed by atoms with Crippen LogP contribution in [0.2, 0.25) is 0 Å². The molecule has 1 aromatic carbocycles. The summed E-state index contributed by atoms with van der Waals surface area (Å²) in [7, 11) is 0. The number of nitrogens with two attached hydrogens (primary N) is 1. The number of hydrogen-bond donors (Lipinski definition) is 2. The molecule has 0 aliphatic carbocycles. The van der Waals surface area contributed by atoms with E-state index < -0.39 is 17.3 Å². The van der Waals surface area contributed by atoms with Crippen molar-refractivity contribution >= 4 is 17.3 Å². The van der Waals surface area contributed by atoms with E-state index in [1.807, 2.05) is 16.8 Å². The Bertz CT molecular complexity index is 1290. The van der Waals surface area contributed by atoms with Crippen LogP contribution in [0.5, 0.6) is 0 Å². The van der Waals surface area contributed by atoms with Crippen LogP contribution in [-0.4, -0.2) is 48.7 Å². The summed E-state index contributed by atoms with van der Waals surface area (Å²) in [5.74, 6) is -1.87. The van der Waals surface area contributed by atoms with E-state index in [4.69, 9.17) is 10.5 Å². The van der Waals surface area contributed by atoms with Gasteiger partial charge < -0.3 is 15.6 Å². The maximum Gasteiger partial charge on any atom is 0.338 e. The Hall–Kier alpha value is -3.79. The molecule has 5 rings (SSSR count). The van der Waals surface area contributed by atoms with Gasteiger partial charge in [-0.25, -0.2) is 18.7 Å². The fraction of sp³-hybridized carbons (Fsp3) is 0.238. The Morgan fingerprint density at radius 3 is 2.74 bits per heavy atom. The first-order valence-corrected chi connectivity index (χ1v) is 9.81. The minimum atomic E-state index is -1.34. The molecule has 0 atom stereocenters. The molecule has 0 spiro atoms. The summed E-state index contributed by atoms with van der Waals surface area (Å²) in [6.07, 6.45) is 4.75. The molecule has 3 aromatic heterocycles. The molecule has 0 unspecified atom stereocenters. The van der Waals surface area contributed by atoms with Crippen LogP contribution in [0, 0.1) is 5.82 Å². The minimum Gasteiger partial charge on any atom is -0.478 e. The van der Waals surface area contributed by atoms with Gasteiger partial charge in [-0.3, -0.25) is 4.68 Å². The number of nitrogens with zero attached hydrogens (tertiary/aromatic N) is 5. The molecule has 1 aliphatic rings. The average Bonchev–Trinajstić information content (AvgIpc) is 3.40. The molecule has 4 heterocycles. The summed E-state index contributed by atoms with van der Waals surface area (Å²) >= 11 is 0. The zero-order valence-corrected chi connectivity index (χ0v) is 16.4. The largest absolute Gasteiger partial charge is 0.478 e. The predicted octanol–water partition coefficient (Wildman–Crippen LogP) is 3.03. The Morgan fingerprint density at radius 1 is 1.16 bits per heavy atom. The quantitative estimate of drug-likeness (QED) is 0.518. The third-order valence-corrected chi connectivity index (χ3v) is 5.56. The zero-order chi connectivity index (χ0) is 21.5. The number of carboxylic acids is 1. The topological polar surface area (TPSA) is 121 Å². The van der Waals surface area contributed by atoms with Crippen molar-refractivity contribution in [2.75, 3.05) is 18.9 Å². The molecule has 0 radical (unpaired) electrons. The van der Waals surface area contributed by atoms with Crippen molar-refractivity contribution in [3.8, 4) is 22.5 Å². The first kappa shape index (κ1) is 19.2. The van der Waals surface area contributed by atoms with Gasteiger partial charge in [-0.15, -0.1) is 0 Å².